The number of ether oxygens (including phenoxy) is 2. The van der Waals surface area contributed by atoms with Gasteiger partial charge in [0.05, 0.1) is 22.7 Å². The molecule has 5 unspecified atom stereocenters. The van der Waals surface area contributed by atoms with Crippen LogP contribution in [0.2, 0.25) is 0 Å². The van der Waals surface area contributed by atoms with Crippen molar-refractivity contribution in [1.29, 1.82) is 0 Å². The van der Waals surface area contributed by atoms with Gasteiger partial charge in [-0.3, -0.25) is 24.5 Å². The molecule has 1 aliphatic heterocycles. The van der Waals surface area contributed by atoms with Crippen molar-refractivity contribution < 1.29 is 28.7 Å². The average Bonchev–Trinajstić information content (AvgIpc) is 3.58. The number of imide groups is 1. The second-order valence-electron chi connectivity index (χ2n) is 12.4. The number of esters is 2. The first-order valence-electron chi connectivity index (χ1n) is 13.6. The summed E-state index contributed by atoms with van der Waals surface area (Å²) in [5.41, 5.74) is -0.955. The Morgan fingerprint density at radius 2 is 1.43 bits per heavy atom. The fourth-order valence-electron chi connectivity index (χ4n) is 5.93. The molecule has 1 N–H and O–H groups in total. The molecule has 1 heterocycles. The Morgan fingerprint density at radius 1 is 0.886 bits per heavy atom. The number of rotatable bonds is 7. The molecule has 35 heavy (non-hydrogen) atoms. The van der Waals surface area contributed by atoms with Gasteiger partial charge in [-0.15, -0.1) is 0 Å². The minimum absolute atomic E-state index is 0.0197. The lowest BCUT2D eigenvalue weighted by molar-refractivity contribution is -0.170. The van der Waals surface area contributed by atoms with Crippen molar-refractivity contribution in [3.05, 3.63) is 0 Å². The summed E-state index contributed by atoms with van der Waals surface area (Å²) in [5, 5.41) is 2.42. The molecule has 5 atom stereocenters. The van der Waals surface area contributed by atoms with Crippen LogP contribution in [-0.2, 0) is 28.7 Å². The van der Waals surface area contributed by atoms with Crippen molar-refractivity contribution in [2.45, 2.75) is 118 Å². The highest BCUT2D eigenvalue weighted by atomic mass is 16.6. The van der Waals surface area contributed by atoms with Crippen LogP contribution in [0.3, 0.4) is 0 Å². The number of amides is 2. The molecule has 7 nitrogen and oxygen atoms in total. The van der Waals surface area contributed by atoms with Gasteiger partial charge in [-0.1, -0.05) is 20.8 Å². The average molecular weight is 492 g/mol. The molecule has 2 amide bonds. The molecule has 198 valence electrons. The van der Waals surface area contributed by atoms with Crippen LogP contribution in [0.15, 0.2) is 0 Å². The topological polar surface area (TPSA) is 98.8 Å². The van der Waals surface area contributed by atoms with E-state index >= 15 is 0 Å². The van der Waals surface area contributed by atoms with E-state index in [-0.39, 0.29) is 64.5 Å². The van der Waals surface area contributed by atoms with Gasteiger partial charge < -0.3 is 9.47 Å². The lowest BCUT2D eigenvalue weighted by Gasteiger charge is -2.32. The first-order chi connectivity index (χ1) is 16.3. The second-order valence-corrected chi connectivity index (χ2v) is 12.4. The Bertz CT molecular complexity index is 840. The number of hydrogen-bond donors (Lipinski definition) is 1. The Balaban J connectivity index is 0.000000205. The minimum Gasteiger partial charge on any atom is -0.462 e. The largest absolute Gasteiger partial charge is 0.462 e. The van der Waals surface area contributed by atoms with E-state index in [0.717, 1.165) is 44.9 Å². The fourth-order valence-corrected chi connectivity index (χ4v) is 5.93. The van der Waals surface area contributed by atoms with Gasteiger partial charge >= 0.3 is 11.9 Å². The molecule has 0 aromatic rings. The van der Waals surface area contributed by atoms with Crippen molar-refractivity contribution in [3.63, 3.8) is 0 Å². The van der Waals surface area contributed by atoms with Crippen molar-refractivity contribution in [3.8, 4) is 0 Å². The van der Waals surface area contributed by atoms with Crippen molar-refractivity contribution >= 4 is 23.8 Å². The van der Waals surface area contributed by atoms with Crippen molar-refractivity contribution in [2.24, 2.45) is 34.5 Å². The summed E-state index contributed by atoms with van der Waals surface area (Å²) in [6.45, 7) is 13.8. The lowest BCUT2D eigenvalue weighted by Crippen LogP contribution is -2.38. The molecule has 4 rings (SSSR count). The molecular formula is C28H45NO6. The third-order valence-electron chi connectivity index (χ3n) is 9.40. The maximum atomic E-state index is 12.2. The molecule has 3 saturated carbocycles. The standard InChI is InChI=1S/C15H21NO4.C13H24O2/c1-4-15(2,3)14(19)20-9-6-7-5-8(9)11-10(7)12(17)16-13(11)18;1-5-12(3,4)11(14)15-13(6-2)9-7-8-10-13/h7-11H,4-6H2,1-3H3,(H,16,17,18);5-10H2,1-4H3. The summed E-state index contributed by atoms with van der Waals surface area (Å²) in [7, 11) is 0. The predicted octanol–water partition coefficient (Wildman–Crippen LogP) is 4.95. The zero-order valence-corrected chi connectivity index (χ0v) is 22.7. The van der Waals surface area contributed by atoms with Gasteiger partial charge in [0.15, 0.2) is 0 Å². The van der Waals surface area contributed by atoms with Gasteiger partial charge in [-0.2, -0.15) is 0 Å². The van der Waals surface area contributed by atoms with E-state index in [4.69, 9.17) is 9.47 Å². The number of carbonyl (C=O) groups excluding carboxylic acids is 4. The highest BCUT2D eigenvalue weighted by molar-refractivity contribution is 6.06. The Morgan fingerprint density at radius 3 is 1.97 bits per heavy atom. The first-order valence-corrected chi connectivity index (χ1v) is 13.6. The maximum absolute atomic E-state index is 12.2. The van der Waals surface area contributed by atoms with Gasteiger partial charge in [0.2, 0.25) is 11.8 Å². The summed E-state index contributed by atoms with van der Waals surface area (Å²) < 4.78 is 11.4. The molecule has 7 heteroatoms. The van der Waals surface area contributed by atoms with E-state index in [0.29, 0.717) is 0 Å². The normalized spacial score (nSPS) is 30.9. The molecular weight excluding hydrogens is 446 g/mol. The molecule has 0 aromatic heterocycles. The lowest BCUT2D eigenvalue weighted by atomic mass is 9.79. The van der Waals surface area contributed by atoms with E-state index < -0.39 is 5.41 Å². The zero-order chi connectivity index (χ0) is 26.2. The smallest absolute Gasteiger partial charge is 0.312 e. The fraction of sp³-hybridized carbons (Fsp3) is 0.857. The predicted molar refractivity (Wildman–Crippen MR) is 132 cm³/mol. The van der Waals surface area contributed by atoms with Crippen LogP contribution in [0, 0.1) is 34.5 Å². The molecule has 0 spiro atoms. The maximum Gasteiger partial charge on any atom is 0.312 e. The summed E-state index contributed by atoms with van der Waals surface area (Å²) in [6, 6.07) is 0. The van der Waals surface area contributed by atoms with Crippen LogP contribution < -0.4 is 5.32 Å². The second kappa shape index (κ2) is 10.2. The Kier molecular flexibility index (Phi) is 8.07. The van der Waals surface area contributed by atoms with Crippen LogP contribution in [0.25, 0.3) is 0 Å². The zero-order valence-electron chi connectivity index (χ0n) is 22.7. The first kappa shape index (κ1) is 27.7. The summed E-state index contributed by atoms with van der Waals surface area (Å²) >= 11 is 0. The number of nitrogens with one attached hydrogen (secondary N) is 1. The van der Waals surface area contributed by atoms with Gasteiger partial charge in [0.25, 0.3) is 0 Å². The van der Waals surface area contributed by atoms with E-state index in [1.54, 1.807) is 0 Å². The van der Waals surface area contributed by atoms with Crippen LogP contribution >= 0.6 is 0 Å². The van der Waals surface area contributed by atoms with Crippen molar-refractivity contribution in [2.75, 3.05) is 0 Å². The SMILES string of the molecule is CCC(C)(C)C(=O)OC1CC2CC1C1C(=O)NC(=O)C21.CCC1(OC(=O)C(C)(C)CC)CCCC1. The number of hydrogen-bond acceptors (Lipinski definition) is 6. The summed E-state index contributed by atoms with van der Waals surface area (Å²) in [6.07, 6.45) is 8.38. The van der Waals surface area contributed by atoms with E-state index in [2.05, 4.69) is 12.2 Å². The highest BCUT2D eigenvalue weighted by Gasteiger charge is 2.62. The van der Waals surface area contributed by atoms with E-state index in [1.165, 1.54) is 12.8 Å². The van der Waals surface area contributed by atoms with E-state index in [9.17, 15) is 19.2 Å². The summed E-state index contributed by atoms with van der Waals surface area (Å²) in [5.74, 6) is -0.765. The highest BCUT2D eigenvalue weighted by Crippen LogP contribution is 2.55. The Labute approximate surface area is 210 Å². The monoisotopic (exact) mass is 491 g/mol. The minimum atomic E-state index is -0.491. The van der Waals surface area contributed by atoms with Gasteiger partial charge in [0, 0.05) is 5.92 Å². The van der Waals surface area contributed by atoms with Crippen LogP contribution in [-0.4, -0.2) is 35.5 Å². The molecule has 0 aromatic carbocycles. The number of fused-ring (bicyclic) bond motifs is 5. The van der Waals surface area contributed by atoms with Gasteiger partial charge in [-0.05, 0) is 91.4 Å². The quantitative estimate of drug-likeness (QED) is 0.400. The third kappa shape index (κ3) is 5.43. The molecule has 3 aliphatic carbocycles. The molecule has 0 radical (unpaired) electrons. The third-order valence-corrected chi connectivity index (χ3v) is 9.40. The number of carbonyl (C=O) groups is 4. The molecule has 4 fully saturated rings. The summed E-state index contributed by atoms with van der Waals surface area (Å²) in [4.78, 5) is 47.8. The van der Waals surface area contributed by atoms with Crippen molar-refractivity contribution in [1.82, 2.24) is 5.32 Å². The van der Waals surface area contributed by atoms with Gasteiger partial charge in [-0.25, -0.2) is 0 Å². The van der Waals surface area contributed by atoms with Gasteiger partial charge in [0.1, 0.15) is 11.7 Å². The molecule has 4 aliphatic rings. The van der Waals surface area contributed by atoms with Crippen LogP contribution in [0.4, 0.5) is 0 Å². The van der Waals surface area contributed by atoms with Crippen LogP contribution in [0.5, 0.6) is 0 Å². The van der Waals surface area contributed by atoms with Crippen LogP contribution in [0.1, 0.15) is 106 Å². The molecule has 2 bridgehead atoms. The Hall–Kier alpha value is -1.92. The van der Waals surface area contributed by atoms with E-state index in [1.807, 2.05) is 41.5 Å². The molecule has 1 saturated heterocycles.